The average molecular weight is 324 g/mol. The van der Waals surface area contributed by atoms with Crippen LogP contribution in [-0.2, 0) is 0 Å². The number of fused-ring (bicyclic) bond motifs is 1. The molecular formula is C17H10ClN3S. The summed E-state index contributed by atoms with van der Waals surface area (Å²) in [5.41, 5.74) is 0.925. The van der Waals surface area contributed by atoms with E-state index in [0.717, 1.165) is 10.4 Å². The molecule has 0 aliphatic carbocycles. The highest BCUT2D eigenvalue weighted by molar-refractivity contribution is 7.22. The van der Waals surface area contributed by atoms with Crippen LogP contribution in [0, 0.1) is 0 Å². The van der Waals surface area contributed by atoms with E-state index < -0.39 is 0 Å². The van der Waals surface area contributed by atoms with Gasteiger partial charge in [0.05, 0.1) is 4.88 Å². The lowest BCUT2D eigenvalue weighted by atomic mass is 10.2. The van der Waals surface area contributed by atoms with Gasteiger partial charge in [-0.25, -0.2) is 4.98 Å². The Hall–Kier alpha value is -2.30. The summed E-state index contributed by atoms with van der Waals surface area (Å²) in [6, 6.07) is 20.1. The predicted molar refractivity (Wildman–Crippen MR) is 91.1 cm³/mol. The Morgan fingerprint density at radius 2 is 1.50 bits per heavy atom. The second-order valence-corrected chi connectivity index (χ2v) is 6.19. The Morgan fingerprint density at radius 1 is 0.773 bits per heavy atom. The number of thiophene rings is 1. The first-order valence-electron chi connectivity index (χ1n) is 6.75. The first-order valence-corrected chi connectivity index (χ1v) is 7.95. The lowest BCUT2D eigenvalue weighted by Crippen LogP contribution is -1.95. The molecule has 0 unspecified atom stereocenters. The van der Waals surface area contributed by atoms with Gasteiger partial charge in [0.2, 0.25) is 5.28 Å². The summed E-state index contributed by atoms with van der Waals surface area (Å²) in [7, 11) is 0. The number of hydrogen-bond acceptors (Lipinski definition) is 4. The monoisotopic (exact) mass is 323 g/mol. The molecule has 2 heterocycles. The Morgan fingerprint density at radius 3 is 2.32 bits per heavy atom. The molecule has 0 radical (unpaired) electrons. The predicted octanol–water partition coefficient (Wildman–Crippen LogP) is 5.07. The van der Waals surface area contributed by atoms with E-state index in [1.807, 2.05) is 42.5 Å². The summed E-state index contributed by atoms with van der Waals surface area (Å²) in [6.45, 7) is 0. The molecule has 0 bridgehead atoms. The zero-order valence-electron chi connectivity index (χ0n) is 11.4. The SMILES string of the molecule is Clc1nc(-c2ccccc2)nc(-c2cc3ccccc3s2)n1. The van der Waals surface area contributed by atoms with E-state index in [0.29, 0.717) is 11.6 Å². The zero-order chi connectivity index (χ0) is 14.9. The molecule has 0 fully saturated rings. The third kappa shape index (κ3) is 2.47. The lowest BCUT2D eigenvalue weighted by molar-refractivity contribution is 1.07. The highest BCUT2D eigenvalue weighted by atomic mass is 35.5. The third-order valence-electron chi connectivity index (χ3n) is 3.29. The fraction of sp³-hybridized carbons (Fsp3) is 0. The Bertz CT molecular complexity index is 917. The second-order valence-electron chi connectivity index (χ2n) is 4.77. The maximum atomic E-state index is 6.09. The summed E-state index contributed by atoms with van der Waals surface area (Å²) < 4.78 is 1.20. The van der Waals surface area contributed by atoms with Crippen molar-refractivity contribution in [3.8, 4) is 22.1 Å². The molecule has 5 heteroatoms. The summed E-state index contributed by atoms with van der Waals surface area (Å²) in [6.07, 6.45) is 0. The number of hydrogen-bond donors (Lipinski definition) is 0. The number of aromatic nitrogens is 3. The van der Waals surface area contributed by atoms with Crippen LogP contribution in [0.3, 0.4) is 0 Å². The third-order valence-corrected chi connectivity index (χ3v) is 4.57. The number of rotatable bonds is 2. The zero-order valence-corrected chi connectivity index (χ0v) is 13.0. The summed E-state index contributed by atoms with van der Waals surface area (Å²) in [5, 5.41) is 1.39. The van der Waals surface area contributed by atoms with Gasteiger partial charge < -0.3 is 0 Å². The smallest absolute Gasteiger partial charge is 0.207 e. The number of halogens is 1. The van der Waals surface area contributed by atoms with Crippen LogP contribution in [-0.4, -0.2) is 15.0 Å². The molecule has 3 nitrogen and oxygen atoms in total. The van der Waals surface area contributed by atoms with Crippen LogP contribution in [0.5, 0.6) is 0 Å². The summed E-state index contributed by atoms with van der Waals surface area (Å²) in [5.74, 6) is 1.20. The van der Waals surface area contributed by atoms with Crippen molar-refractivity contribution in [3.05, 3.63) is 65.9 Å². The normalized spacial score (nSPS) is 11.0. The molecule has 0 spiro atoms. The average Bonchev–Trinajstić information content (AvgIpc) is 2.99. The highest BCUT2D eigenvalue weighted by Gasteiger charge is 2.11. The van der Waals surface area contributed by atoms with Crippen LogP contribution in [0.4, 0.5) is 0 Å². The molecule has 0 atom stereocenters. The van der Waals surface area contributed by atoms with Gasteiger partial charge >= 0.3 is 0 Å². The van der Waals surface area contributed by atoms with E-state index in [1.54, 1.807) is 11.3 Å². The van der Waals surface area contributed by atoms with Crippen molar-refractivity contribution in [3.63, 3.8) is 0 Å². The van der Waals surface area contributed by atoms with Gasteiger partial charge in [0.25, 0.3) is 0 Å². The minimum Gasteiger partial charge on any atom is -0.207 e. The summed E-state index contributed by atoms with van der Waals surface area (Å²) >= 11 is 7.74. The van der Waals surface area contributed by atoms with Crippen molar-refractivity contribution in [1.82, 2.24) is 15.0 Å². The standard InChI is InChI=1S/C17H10ClN3S/c18-17-20-15(11-6-2-1-3-7-11)19-16(21-17)14-10-12-8-4-5-9-13(12)22-14/h1-10H. The molecule has 22 heavy (non-hydrogen) atoms. The fourth-order valence-corrected chi connectivity index (χ4v) is 3.43. The minimum atomic E-state index is 0.210. The van der Waals surface area contributed by atoms with Crippen molar-refractivity contribution in [2.24, 2.45) is 0 Å². The van der Waals surface area contributed by atoms with Gasteiger partial charge in [-0.1, -0.05) is 48.5 Å². The Kier molecular flexibility index (Phi) is 3.33. The van der Waals surface area contributed by atoms with Gasteiger partial charge in [0.1, 0.15) is 0 Å². The van der Waals surface area contributed by atoms with Gasteiger partial charge in [-0.05, 0) is 29.1 Å². The first kappa shape index (κ1) is 13.4. The summed E-state index contributed by atoms with van der Waals surface area (Å²) in [4.78, 5) is 14.1. The van der Waals surface area contributed by atoms with Crippen molar-refractivity contribution in [2.75, 3.05) is 0 Å². The molecule has 4 aromatic rings. The number of benzene rings is 2. The molecule has 106 valence electrons. The van der Waals surface area contributed by atoms with Crippen LogP contribution < -0.4 is 0 Å². The van der Waals surface area contributed by atoms with Gasteiger partial charge in [-0.2, -0.15) is 9.97 Å². The fourth-order valence-electron chi connectivity index (χ4n) is 2.27. The Labute approximate surface area is 136 Å². The van der Waals surface area contributed by atoms with Crippen LogP contribution in [0.1, 0.15) is 0 Å². The van der Waals surface area contributed by atoms with E-state index in [4.69, 9.17) is 11.6 Å². The van der Waals surface area contributed by atoms with Crippen LogP contribution in [0.15, 0.2) is 60.7 Å². The van der Waals surface area contributed by atoms with E-state index in [9.17, 15) is 0 Å². The molecule has 0 aliphatic heterocycles. The van der Waals surface area contributed by atoms with Crippen molar-refractivity contribution < 1.29 is 0 Å². The van der Waals surface area contributed by atoms with Crippen LogP contribution in [0.25, 0.3) is 32.2 Å². The molecule has 0 saturated carbocycles. The molecule has 0 aliphatic rings. The molecule has 0 saturated heterocycles. The van der Waals surface area contributed by atoms with Crippen molar-refractivity contribution >= 4 is 33.0 Å². The van der Waals surface area contributed by atoms with E-state index in [-0.39, 0.29) is 5.28 Å². The van der Waals surface area contributed by atoms with Crippen molar-refractivity contribution in [2.45, 2.75) is 0 Å². The molecule has 0 amide bonds. The van der Waals surface area contributed by atoms with Crippen LogP contribution >= 0.6 is 22.9 Å². The first-order chi connectivity index (χ1) is 10.8. The maximum Gasteiger partial charge on any atom is 0.226 e. The Balaban J connectivity index is 1.86. The highest BCUT2D eigenvalue weighted by Crippen LogP contribution is 2.32. The maximum absolute atomic E-state index is 6.09. The van der Waals surface area contributed by atoms with Gasteiger partial charge in [0.15, 0.2) is 11.6 Å². The van der Waals surface area contributed by atoms with Gasteiger partial charge in [-0.15, -0.1) is 11.3 Å². The molecule has 0 N–H and O–H groups in total. The second kappa shape index (κ2) is 5.48. The van der Waals surface area contributed by atoms with E-state index in [2.05, 4.69) is 33.2 Å². The van der Waals surface area contributed by atoms with Crippen molar-refractivity contribution in [1.29, 1.82) is 0 Å². The van der Waals surface area contributed by atoms with E-state index >= 15 is 0 Å². The van der Waals surface area contributed by atoms with Gasteiger partial charge in [0, 0.05) is 10.3 Å². The lowest BCUT2D eigenvalue weighted by Gasteiger charge is -2.02. The quantitative estimate of drug-likeness (QED) is 0.516. The molecule has 2 aromatic carbocycles. The molecular weight excluding hydrogens is 314 g/mol. The van der Waals surface area contributed by atoms with Gasteiger partial charge in [-0.3, -0.25) is 0 Å². The van der Waals surface area contributed by atoms with Crippen LogP contribution in [0.2, 0.25) is 5.28 Å². The molecule has 2 aromatic heterocycles. The number of nitrogens with zero attached hydrogens (tertiary/aromatic N) is 3. The topological polar surface area (TPSA) is 38.7 Å². The van der Waals surface area contributed by atoms with E-state index in [1.165, 1.54) is 10.1 Å². The largest absolute Gasteiger partial charge is 0.226 e. The molecule has 4 rings (SSSR count). The minimum absolute atomic E-state index is 0.210.